The standard InChI is InChI=1S/C17H27N5O/c1-12(2)15-19-16(14-11-18-22(4)17(14)20-15)21(3)8-5-13-6-9-23-10-7-13/h11-13H,5-10H2,1-4H3. The zero-order valence-electron chi connectivity index (χ0n) is 14.6. The van der Waals surface area contributed by atoms with Gasteiger partial charge in [0.25, 0.3) is 0 Å². The molecule has 2 aromatic rings. The van der Waals surface area contributed by atoms with E-state index in [9.17, 15) is 0 Å². The van der Waals surface area contributed by atoms with Gasteiger partial charge in [0.15, 0.2) is 5.65 Å². The second-order valence-corrected chi connectivity index (χ2v) is 6.83. The van der Waals surface area contributed by atoms with Crippen molar-refractivity contribution in [3.05, 3.63) is 12.0 Å². The van der Waals surface area contributed by atoms with Gasteiger partial charge in [-0.25, -0.2) is 9.97 Å². The first-order valence-electron chi connectivity index (χ1n) is 8.54. The third-order valence-electron chi connectivity index (χ3n) is 4.68. The van der Waals surface area contributed by atoms with Crippen molar-refractivity contribution < 1.29 is 4.74 Å². The Bertz CT molecular complexity index is 660. The summed E-state index contributed by atoms with van der Waals surface area (Å²) >= 11 is 0. The van der Waals surface area contributed by atoms with Crippen LogP contribution < -0.4 is 4.90 Å². The van der Waals surface area contributed by atoms with Crippen molar-refractivity contribution in [3.63, 3.8) is 0 Å². The minimum Gasteiger partial charge on any atom is -0.381 e. The summed E-state index contributed by atoms with van der Waals surface area (Å²) in [5.74, 6) is 2.95. The molecule has 2 aromatic heterocycles. The zero-order chi connectivity index (χ0) is 16.4. The van der Waals surface area contributed by atoms with Gasteiger partial charge in [-0.1, -0.05) is 13.8 Å². The van der Waals surface area contributed by atoms with E-state index in [1.165, 1.54) is 19.3 Å². The molecule has 23 heavy (non-hydrogen) atoms. The zero-order valence-corrected chi connectivity index (χ0v) is 14.6. The van der Waals surface area contributed by atoms with Crippen LogP contribution in [0.4, 0.5) is 5.82 Å². The van der Waals surface area contributed by atoms with Crippen molar-refractivity contribution >= 4 is 16.9 Å². The maximum Gasteiger partial charge on any atom is 0.163 e. The monoisotopic (exact) mass is 317 g/mol. The van der Waals surface area contributed by atoms with Crippen molar-refractivity contribution in [3.8, 4) is 0 Å². The molecule has 0 aliphatic carbocycles. The van der Waals surface area contributed by atoms with Crippen LogP contribution in [-0.2, 0) is 11.8 Å². The summed E-state index contributed by atoms with van der Waals surface area (Å²) in [4.78, 5) is 11.7. The molecular formula is C17H27N5O. The predicted molar refractivity (Wildman–Crippen MR) is 91.8 cm³/mol. The van der Waals surface area contributed by atoms with E-state index in [0.29, 0.717) is 5.92 Å². The van der Waals surface area contributed by atoms with Crippen LogP contribution in [0.25, 0.3) is 11.0 Å². The van der Waals surface area contributed by atoms with Gasteiger partial charge in [0.05, 0.1) is 11.6 Å². The molecule has 0 atom stereocenters. The summed E-state index contributed by atoms with van der Waals surface area (Å²) in [5, 5.41) is 5.39. The molecule has 0 aromatic carbocycles. The summed E-state index contributed by atoms with van der Waals surface area (Å²) < 4.78 is 7.28. The van der Waals surface area contributed by atoms with E-state index in [-0.39, 0.29) is 0 Å². The van der Waals surface area contributed by atoms with Crippen molar-refractivity contribution in [2.24, 2.45) is 13.0 Å². The number of aromatic nitrogens is 4. The van der Waals surface area contributed by atoms with E-state index >= 15 is 0 Å². The molecule has 0 spiro atoms. The number of hydrogen-bond donors (Lipinski definition) is 0. The van der Waals surface area contributed by atoms with Crippen LogP contribution in [0.3, 0.4) is 0 Å². The Hall–Kier alpha value is -1.69. The predicted octanol–water partition coefficient (Wildman–Crippen LogP) is 2.74. The molecule has 0 amide bonds. The lowest BCUT2D eigenvalue weighted by Gasteiger charge is -2.26. The Morgan fingerprint density at radius 2 is 2.04 bits per heavy atom. The van der Waals surface area contributed by atoms with Gasteiger partial charge in [-0.3, -0.25) is 4.68 Å². The number of ether oxygens (including phenoxy) is 1. The lowest BCUT2D eigenvalue weighted by Crippen LogP contribution is -2.25. The lowest BCUT2D eigenvalue weighted by molar-refractivity contribution is 0.0645. The normalized spacial score (nSPS) is 16.4. The highest BCUT2D eigenvalue weighted by Gasteiger charge is 2.18. The number of nitrogens with zero attached hydrogens (tertiary/aromatic N) is 5. The number of anilines is 1. The lowest BCUT2D eigenvalue weighted by atomic mass is 9.96. The largest absolute Gasteiger partial charge is 0.381 e. The minimum atomic E-state index is 0.303. The van der Waals surface area contributed by atoms with E-state index in [1.54, 1.807) is 0 Å². The Balaban J connectivity index is 1.82. The van der Waals surface area contributed by atoms with Crippen LogP contribution in [0.1, 0.15) is 44.9 Å². The summed E-state index contributed by atoms with van der Waals surface area (Å²) in [5.41, 5.74) is 0.914. The SMILES string of the molecule is CC(C)c1nc(N(C)CCC2CCOCC2)c2cnn(C)c2n1. The number of aryl methyl sites for hydroxylation is 1. The van der Waals surface area contributed by atoms with E-state index in [4.69, 9.17) is 9.72 Å². The maximum atomic E-state index is 5.45. The van der Waals surface area contributed by atoms with Crippen LogP contribution >= 0.6 is 0 Å². The van der Waals surface area contributed by atoms with Crippen molar-refractivity contribution in [2.45, 2.75) is 39.0 Å². The first-order valence-corrected chi connectivity index (χ1v) is 8.54. The Morgan fingerprint density at radius 3 is 2.74 bits per heavy atom. The topological polar surface area (TPSA) is 56.1 Å². The quantitative estimate of drug-likeness (QED) is 0.848. The number of hydrogen-bond acceptors (Lipinski definition) is 5. The molecule has 0 radical (unpaired) electrons. The summed E-state index contributed by atoms with van der Waals surface area (Å²) in [6.45, 7) is 7.08. The molecule has 3 rings (SSSR count). The first-order chi connectivity index (χ1) is 11.1. The van der Waals surface area contributed by atoms with E-state index in [1.807, 2.05) is 17.9 Å². The maximum absolute atomic E-state index is 5.45. The van der Waals surface area contributed by atoms with E-state index in [0.717, 1.165) is 48.4 Å². The minimum absolute atomic E-state index is 0.303. The third kappa shape index (κ3) is 3.47. The summed E-state index contributed by atoms with van der Waals surface area (Å²) in [7, 11) is 4.06. The van der Waals surface area contributed by atoms with Gasteiger partial charge in [-0.2, -0.15) is 5.10 Å². The van der Waals surface area contributed by atoms with Gasteiger partial charge < -0.3 is 9.64 Å². The van der Waals surface area contributed by atoms with Gasteiger partial charge in [-0.05, 0) is 25.2 Å². The number of fused-ring (bicyclic) bond motifs is 1. The van der Waals surface area contributed by atoms with Gasteiger partial charge in [0, 0.05) is 39.8 Å². The second-order valence-electron chi connectivity index (χ2n) is 6.83. The van der Waals surface area contributed by atoms with Crippen molar-refractivity contribution in [2.75, 3.05) is 31.7 Å². The second kappa shape index (κ2) is 6.83. The highest BCUT2D eigenvalue weighted by molar-refractivity contribution is 5.86. The average molecular weight is 317 g/mol. The fraction of sp³-hybridized carbons (Fsp3) is 0.706. The van der Waals surface area contributed by atoms with E-state index < -0.39 is 0 Å². The smallest absolute Gasteiger partial charge is 0.163 e. The van der Waals surface area contributed by atoms with Crippen LogP contribution in [0.15, 0.2) is 6.20 Å². The van der Waals surface area contributed by atoms with Crippen molar-refractivity contribution in [1.29, 1.82) is 0 Å². The molecule has 1 aliphatic heterocycles. The summed E-state index contributed by atoms with van der Waals surface area (Å²) in [6.07, 6.45) is 5.41. The molecule has 126 valence electrons. The van der Waals surface area contributed by atoms with Crippen LogP contribution in [-0.4, -0.2) is 46.6 Å². The fourth-order valence-electron chi connectivity index (χ4n) is 3.09. The molecule has 0 saturated carbocycles. The molecule has 3 heterocycles. The average Bonchev–Trinajstić information content (AvgIpc) is 2.94. The van der Waals surface area contributed by atoms with Gasteiger partial charge in [0.2, 0.25) is 0 Å². The van der Waals surface area contributed by atoms with Crippen LogP contribution in [0.2, 0.25) is 0 Å². The molecule has 1 saturated heterocycles. The highest BCUT2D eigenvalue weighted by Crippen LogP contribution is 2.26. The Labute approximate surface area is 137 Å². The Morgan fingerprint density at radius 1 is 1.30 bits per heavy atom. The molecule has 0 N–H and O–H groups in total. The number of rotatable bonds is 5. The Kier molecular flexibility index (Phi) is 4.80. The third-order valence-corrected chi connectivity index (χ3v) is 4.68. The van der Waals surface area contributed by atoms with E-state index in [2.05, 4.69) is 35.9 Å². The molecule has 0 bridgehead atoms. The molecule has 6 nitrogen and oxygen atoms in total. The molecule has 1 fully saturated rings. The molecule has 1 aliphatic rings. The molecule has 0 unspecified atom stereocenters. The highest BCUT2D eigenvalue weighted by atomic mass is 16.5. The van der Waals surface area contributed by atoms with Crippen LogP contribution in [0.5, 0.6) is 0 Å². The fourth-order valence-corrected chi connectivity index (χ4v) is 3.09. The molecular weight excluding hydrogens is 290 g/mol. The van der Waals surface area contributed by atoms with Gasteiger partial charge in [-0.15, -0.1) is 0 Å². The van der Waals surface area contributed by atoms with Crippen LogP contribution in [0, 0.1) is 5.92 Å². The van der Waals surface area contributed by atoms with Gasteiger partial charge >= 0.3 is 0 Å². The summed E-state index contributed by atoms with van der Waals surface area (Å²) in [6, 6.07) is 0. The molecule has 6 heteroatoms. The first kappa shape index (κ1) is 16.2. The van der Waals surface area contributed by atoms with Crippen molar-refractivity contribution in [1.82, 2.24) is 19.7 Å². The van der Waals surface area contributed by atoms with Gasteiger partial charge in [0.1, 0.15) is 11.6 Å².